The van der Waals surface area contributed by atoms with Crippen molar-refractivity contribution in [3.63, 3.8) is 0 Å². The molecule has 0 unspecified atom stereocenters. The summed E-state index contributed by atoms with van der Waals surface area (Å²) in [6, 6.07) is 0. The molecule has 0 heterocycles. The minimum atomic E-state index is 0.503. The van der Waals surface area contributed by atoms with Crippen LogP contribution in [0.4, 0.5) is 0 Å². The van der Waals surface area contributed by atoms with Gasteiger partial charge in [-0.05, 0) is 12.8 Å². The van der Waals surface area contributed by atoms with Crippen molar-refractivity contribution in [2.45, 2.75) is 142 Å². The van der Waals surface area contributed by atoms with E-state index in [-0.39, 0.29) is 0 Å². The second-order valence-corrected chi connectivity index (χ2v) is 17.8. The fourth-order valence-corrected chi connectivity index (χ4v) is 7.00. The van der Waals surface area contributed by atoms with E-state index in [1.807, 2.05) is 0 Å². The second-order valence-electron chi connectivity index (χ2n) is 17.8. The van der Waals surface area contributed by atoms with Gasteiger partial charge in [0.2, 0.25) is 0 Å². The summed E-state index contributed by atoms with van der Waals surface area (Å²) in [5.74, 6) is 0. The molecule has 0 radical (unpaired) electrons. The summed E-state index contributed by atoms with van der Waals surface area (Å²) in [7, 11) is 0. The van der Waals surface area contributed by atoms with E-state index in [1.54, 1.807) is 0 Å². The Balaban J connectivity index is 3.07. The number of rotatable bonds is 70. The van der Waals surface area contributed by atoms with Gasteiger partial charge in [-0.15, -0.1) is 0 Å². The standard InChI is InChI=1S/C56H114O17/c1-3-5-7-9-11-13-15-17-19-21-23-57-25-27-59-29-31-61-33-35-63-37-39-65-41-43-67-45-47-69-49-51-71-53-55-73-56-54-72-52-50-70-48-46-68-44-42-66-40-38-64-36-34-62-32-30-60-28-26-58-24-22-20-18-16-14-12-10-8-6-4-2/h3-56H2,1-2H3. The van der Waals surface area contributed by atoms with Crippen LogP contribution in [-0.2, 0) is 80.5 Å². The lowest BCUT2D eigenvalue weighted by Crippen LogP contribution is -2.16. The molecule has 0 aliphatic rings. The zero-order chi connectivity index (χ0) is 52.2. The smallest absolute Gasteiger partial charge is 0.0701 e. The Labute approximate surface area is 446 Å². The summed E-state index contributed by atoms with van der Waals surface area (Å²) in [6.45, 7) is 23.3. The lowest BCUT2D eigenvalue weighted by molar-refractivity contribution is -0.0307. The van der Waals surface area contributed by atoms with E-state index in [9.17, 15) is 0 Å². The van der Waals surface area contributed by atoms with Gasteiger partial charge in [0.05, 0.1) is 211 Å². The van der Waals surface area contributed by atoms with Gasteiger partial charge in [-0.2, -0.15) is 0 Å². The molecule has 0 aliphatic carbocycles. The minimum absolute atomic E-state index is 0.503. The molecule has 0 fully saturated rings. The fourth-order valence-electron chi connectivity index (χ4n) is 7.00. The van der Waals surface area contributed by atoms with E-state index >= 15 is 0 Å². The van der Waals surface area contributed by atoms with Gasteiger partial charge in [-0.1, -0.05) is 129 Å². The molecule has 73 heavy (non-hydrogen) atoms. The zero-order valence-electron chi connectivity index (χ0n) is 47.1. The molecule has 17 nitrogen and oxygen atoms in total. The predicted molar refractivity (Wildman–Crippen MR) is 288 cm³/mol. The van der Waals surface area contributed by atoms with E-state index in [0.29, 0.717) is 211 Å². The van der Waals surface area contributed by atoms with Crippen molar-refractivity contribution in [3.05, 3.63) is 0 Å². The van der Waals surface area contributed by atoms with Gasteiger partial charge in [0.15, 0.2) is 0 Å². The highest BCUT2D eigenvalue weighted by Gasteiger charge is 2.00. The first-order valence-electron chi connectivity index (χ1n) is 29.2. The monoisotopic (exact) mass is 1060 g/mol. The number of hydrogen-bond donors (Lipinski definition) is 0. The van der Waals surface area contributed by atoms with Crippen LogP contribution in [0.2, 0.25) is 0 Å². The van der Waals surface area contributed by atoms with E-state index in [0.717, 1.165) is 26.1 Å². The highest BCUT2D eigenvalue weighted by Crippen LogP contribution is 2.12. The van der Waals surface area contributed by atoms with E-state index < -0.39 is 0 Å². The van der Waals surface area contributed by atoms with Crippen molar-refractivity contribution >= 4 is 0 Å². The molecule has 0 aromatic carbocycles. The molecule has 17 heteroatoms. The molecule has 0 amide bonds. The molecule has 0 spiro atoms. The number of ether oxygens (including phenoxy) is 17. The van der Waals surface area contributed by atoms with E-state index in [1.165, 1.54) is 116 Å². The van der Waals surface area contributed by atoms with Crippen LogP contribution in [-0.4, -0.2) is 225 Å². The third kappa shape index (κ3) is 71.3. The van der Waals surface area contributed by atoms with Crippen molar-refractivity contribution in [2.75, 3.05) is 225 Å². The van der Waals surface area contributed by atoms with Crippen LogP contribution in [0.25, 0.3) is 0 Å². The molecular formula is C56H114O17. The minimum Gasteiger partial charge on any atom is -0.379 e. The van der Waals surface area contributed by atoms with Gasteiger partial charge in [0.1, 0.15) is 0 Å². The first-order valence-corrected chi connectivity index (χ1v) is 29.2. The highest BCUT2D eigenvalue weighted by molar-refractivity contribution is 4.50. The third-order valence-corrected chi connectivity index (χ3v) is 11.2. The quantitative estimate of drug-likeness (QED) is 0.0531. The first kappa shape index (κ1) is 72.3. The van der Waals surface area contributed by atoms with Crippen molar-refractivity contribution in [1.29, 1.82) is 0 Å². The van der Waals surface area contributed by atoms with Crippen molar-refractivity contribution in [2.24, 2.45) is 0 Å². The molecule has 0 saturated heterocycles. The summed E-state index contributed by atoms with van der Waals surface area (Å²) in [5, 5.41) is 0. The van der Waals surface area contributed by atoms with E-state index in [2.05, 4.69) is 13.8 Å². The summed E-state index contributed by atoms with van der Waals surface area (Å²) >= 11 is 0. The van der Waals surface area contributed by atoms with Crippen LogP contribution >= 0.6 is 0 Å². The van der Waals surface area contributed by atoms with Crippen molar-refractivity contribution in [3.8, 4) is 0 Å². The molecule has 0 N–H and O–H groups in total. The Kier molecular flexibility index (Phi) is 70.7. The van der Waals surface area contributed by atoms with Crippen LogP contribution in [0.15, 0.2) is 0 Å². The lowest BCUT2D eigenvalue weighted by Gasteiger charge is -2.09. The van der Waals surface area contributed by atoms with Gasteiger partial charge in [-0.25, -0.2) is 0 Å². The molecule has 0 aromatic rings. The topological polar surface area (TPSA) is 157 Å². The normalized spacial score (nSPS) is 11.8. The summed E-state index contributed by atoms with van der Waals surface area (Å²) in [4.78, 5) is 0. The summed E-state index contributed by atoms with van der Waals surface area (Å²) in [5.41, 5.74) is 0. The van der Waals surface area contributed by atoms with Crippen LogP contribution in [0.5, 0.6) is 0 Å². The number of hydrogen-bond acceptors (Lipinski definition) is 17. The average molecular weight is 1060 g/mol. The maximum absolute atomic E-state index is 5.67. The Morgan fingerprint density at radius 3 is 0.329 bits per heavy atom. The molecule has 0 rings (SSSR count). The molecular weight excluding hydrogens is 945 g/mol. The van der Waals surface area contributed by atoms with Crippen LogP contribution in [0.3, 0.4) is 0 Å². The van der Waals surface area contributed by atoms with Gasteiger partial charge in [0.25, 0.3) is 0 Å². The molecule has 0 saturated carbocycles. The maximum Gasteiger partial charge on any atom is 0.0701 e. The zero-order valence-corrected chi connectivity index (χ0v) is 47.1. The maximum atomic E-state index is 5.67. The summed E-state index contributed by atoms with van der Waals surface area (Å²) in [6.07, 6.45) is 26.8. The molecule has 440 valence electrons. The largest absolute Gasteiger partial charge is 0.379 e. The Morgan fingerprint density at radius 1 is 0.110 bits per heavy atom. The fraction of sp³-hybridized carbons (Fsp3) is 1.00. The van der Waals surface area contributed by atoms with Crippen LogP contribution < -0.4 is 0 Å². The Hall–Kier alpha value is -0.680. The third-order valence-electron chi connectivity index (χ3n) is 11.2. The van der Waals surface area contributed by atoms with Gasteiger partial charge >= 0.3 is 0 Å². The lowest BCUT2D eigenvalue weighted by atomic mass is 10.1. The summed E-state index contributed by atoms with van der Waals surface area (Å²) < 4.78 is 94.5. The van der Waals surface area contributed by atoms with Crippen molar-refractivity contribution < 1.29 is 80.5 Å². The highest BCUT2D eigenvalue weighted by atomic mass is 16.6. The van der Waals surface area contributed by atoms with Crippen LogP contribution in [0, 0.1) is 0 Å². The molecule has 0 atom stereocenters. The first-order chi connectivity index (χ1) is 36.4. The van der Waals surface area contributed by atoms with Crippen molar-refractivity contribution in [1.82, 2.24) is 0 Å². The van der Waals surface area contributed by atoms with Gasteiger partial charge in [0, 0.05) is 13.2 Å². The Morgan fingerprint density at radius 2 is 0.205 bits per heavy atom. The van der Waals surface area contributed by atoms with Gasteiger partial charge in [-0.3, -0.25) is 0 Å². The van der Waals surface area contributed by atoms with Gasteiger partial charge < -0.3 is 80.5 Å². The molecule has 0 aliphatic heterocycles. The molecule has 0 bridgehead atoms. The SMILES string of the molecule is CCCCCCCCCCCCOCCOCCOCCOCCOCCOCCOCCOCCOCCOCCOCCOCCOCCOCCOCCOCCOCCCCCCCCCCCC. The molecule has 0 aromatic heterocycles. The van der Waals surface area contributed by atoms with Crippen LogP contribution in [0.1, 0.15) is 142 Å². The predicted octanol–water partition coefficient (Wildman–Crippen LogP) is 9.11. The average Bonchev–Trinajstić information content (AvgIpc) is 3.40. The Bertz CT molecular complexity index is 860. The second kappa shape index (κ2) is 71.3. The van der Waals surface area contributed by atoms with E-state index in [4.69, 9.17) is 80.5 Å². The number of unbranched alkanes of at least 4 members (excludes halogenated alkanes) is 18.